The van der Waals surface area contributed by atoms with E-state index in [1.54, 1.807) is 0 Å². The monoisotopic (exact) mass is 213 g/mol. The van der Waals surface area contributed by atoms with Crippen molar-refractivity contribution in [1.29, 1.82) is 0 Å². The molecular weight excluding hydrogens is 182 g/mol. The summed E-state index contributed by atoms with van der Waals surface area (Å²) in [5.74, 6) is 1.77. The van der Waals surface area contributed by atoms with Gasteiger partial charge in [-0.25, -0.2) is 0 Å². The summed E-state index contributed by atoms with van der Waals surface area (Å²) in [5.41, 5.74) is 5.96. The summed E-state index contributed by atoms with van der Waals surface area (Å²) in [7, 11) is 0. The summed E-state index contributed by atoms with van der Waals surface area (Å²) >= 11 is 0. The standard InChI is InChI=1S/C14H31N/c1-5-13(6-2)10-8-9-12(4)11-14(15)7-3/h12-14H,5-11,15H2,1-4H3/t12-,14?/m1/s1. The summed E-state index contributed by atoms with van der Waals surface area (Å²) in [5, 5.41) is 0. The average Bonchev–Trinajstić information content (AvgIpc) is 2.24. The number of hydrogen-bond donors (Lipinski definition) is 1. The number of rotatable bonds is 9. The Morgan fingerprint density at radius 1 is 0.933 bits per heavy atom. The van der Waals surface area contributed by atoms with Crippen LogP contribution in [0, 0.1) is 11.8 Å². The zero-order valence-electron chi connectivity index (χ0n) is 11.3. The highest BCUT2D eigenvalue weighted by Gasteiger charge is 2.09. The van der Waals surface area contributed by atoms with E-state index in [-0.39, 0.29) is 0 Å². The van der Waals surface area contributed by atoms with Crippen molar-refractivity contribution in [3.8, 4) is 0 Å². The first-order valence-electron chi connectivity index (χ1n) is 6.89. The molecule has 0 spiro atoms. The van der Waals surface area contributed by atoms with Gasteiger partial charge in [-0.2, -0.15) is 0 Å². The Morgan fingerprint density at radius 2 is 1.53 bits per heavy atom. The molecule has 0 saturated carbocycles. The van der Waals surface area contributed by atoms with E-state index in [9.17, 15) is 0 Å². The SMILES string of the molecule is CCC(N)C[C@H](C)CCCC(CC)CC. The molecule has 0 radical (unpaired) electrons. The molecule has 1 heteroatoms. The molecule has 92 valence electrons. The molecule has 2 N–H and O–H groups in total. The minimum atomic E-state index is 0.424. The van der Waals surface area contributed by atoms with Crippen LogP contribution in [0.2, 0.25) is 0 Å². The van der Waals surface area contributed by atoms with Crippen LogP contribution >= 0.6 is 0 Å². The van der Waals surface area contributed by atoms with Gasteiger partial charge in [-0.3, -0.25) is 0 Å². The lowest BCUT2D eigenvalue weighted by Gasteiger charge is -2.17. The molecule has 1 unspecified atom stereocenters. The maximum atomic E-state index is 5.96. The Kier molecular flexibility index (Phi) is 9.18. The lowest BCUT2D eigenvalue weighted by molar-refractivity contribution is 0.375. The van der Waals surface area contributed by atoms with E-state index < -0.39 is 0 Å². The van der Waals surface area contributed by atoms with Gasteiger partial charge in [0.15, 0.2) is 0 Å². The van der Waals surface area contributed by atoms with Gasteiger partial charge in [-0.05, 0) is 24.7 Å². The molecule has 0 rings (SSSR count). The third kappa shape index (κ3) is 7.84. The summed E-state index contributed by atoms with van der Waals surface area (Å²) in [6, 6.07) is 0.424. The number of hydrogen-bond acceptors (Lipinski definition) is 1. The lowest BCUT2D eigenvalue weighted by Crippen LogP contribution is -2.21. The van der Waals surface area contributed by atoms with Crippen molar-refractivity contribution in [2.45, 2.75) is 78.7 Å². The predicted molar refractivity (Wildman–Crippen MR) is 70.0 cm³/mol. The van der Waals surface area contributed by atoms with Crippen LogP contribution in [0.5, 0.6) is 0 Å². The van der Waals surface area contributed by atoms with E-state index in [4.69, 9.17) is 5.73 Å². The van der Waals surface area contributed by atoms with E-state index in [0.717, 1.165) is 18.3 Å². The van der Waals surface area contributed by atoms with E-state index in [1.807, 2.05) is 0 Å². The highest BCUT2D eigenvalue weighted by Crippen LogP contribution is 2.20. The van der Waals surface area contributed by atoms with Crippen LogP contribution in [0.25, 0.3) is 0 Å². The van der Waals surface area contributed by atoms with Crippen LogP contribution in [0.3, 0.4) is 0 Å². The molecule has 1 nitrogen and oxygen atoms in total. The van der Waals surface area contributed by atoms with Crippen LogP contribution in [0.4, 0.5) is 0 Å². The largest absolute Gasteiger partial charge is 0.328 e. The minimum absolute atomic E-state index is 0.424. The third-order valence-corrected chi connectivity index (χ3v) is 3.69. The first kappa shape index (κ1) is 15.0. The van der Waals surface area contributed by atoms with Crippen molar-refractivity contribution in [2.24, 2.45) is 17.6 Å². The van der Waals surface area contributed by atoms with Gasteiger partial charge >= 0.3 is 0 Å². The van der Waals surface area contributed by atoms with Gasteiger partial charge in [0.1, 0.15) is 0 Å². The summed E-state index contributed by atoms with van der Waals surface area (Å²) < 4.78 is 0. The van der Waals surface area contributed by atoms with Crippen LogP contribution in [0.1, 0.15) is 72.6 Å². The Morgan fingerprint density at radius 3 is 2.00 bits per heavy atom. The number of nitrogens with two attached hydrogens (primary N) is 1. The summed E-state index contributed by atoms with van der Waals surface area (Å²) in [4.78, 5) is 0. The highest BCUT2D eigenvalue weighted by atomic mass is 14.6. The van der Waals surface area contributed by atoms with Gasteiger partial charge in [0.2, 0.25) is 0 Å². The minimum Gasteiger partial charge on any atom is -0.328 e. The van der Waals surface area contributed by atoms with Gasteiger partial charge in [-0.15, -0.1) is 0 Å². The predicted octanol–water partition coefficient (Wildman–Crippen LogP) is 4.36. The van der Waals surface area contributed by atoms with Gasteiger partial charge < -0.3 is 5.73 Å². The summed E-state index contributed by atoms with van der Waals surface area (Å²) in [6.45, 7) is 9.15. The van der Waals surface area contributed by atoms with Crippen molar-refractivity contribution in [1.82, 2.24) is 0 Å². The quantitative estimate of drug-likeness (QED) is 0.605. The molecule has 0 aromatic rings. The van der Waals surface area contributed by atoms with E-state index in [0.29, 0.717) is 6.04 Å². The fourth-order valence-corrected chi connectivity index (χ4v) is 2.25. The first-order valence-corrected chi connectivity index (χ1v) is 6.89. The Hall–Kier alpha value is -0.0400. The summed E-state index contributed by atoms with van der Waals surface area (Å²) in [6.07, 6.45) is 9.20. The zero-order valence-corrected chi connectivity index (χ0v) is 11.3. The van der Waals surface area contributed by atoms with Crippen LogP contribution in [-0.4, -0.2) is 6.04 Å². The van der Waals surface area contributed by atoms with Crippen LogP contribution in [-0.2, 0) is 0 Å². The Labute approximate surface area is 96.8 Å². The second-order valence-corrected chi connectivity index (χ2v) is 5.12. The van der Waals surface area contributed by atoms with Crippen molar-refractivity contribution in [3.05, 3.63) is 0 Å². The van der Waals surface area contributed by atoms with Gasteiger partial charge in [0, 0.05) is 6.04 Å². The Balaban J connectivity index is 3.49. The average molecular weight is 213 g/mol. The highest BCUT2D eigenvalue weighted by molar-refractivity contribution is 4.65. The van der Waals surface area contributed by atoms with Crippen LogP contribution in [0.15, 0.2) is 0 Å². The van der Waals surface area contributed by atoms with E-state index >= 15 is 0 Å². The van der Waals surface area contributed by atoms with Crippen molar-refractivity contribution in [3.63, 3.8) is 0 Å². The Bertz CT molecular complexity index is 129. The second kappa shape index (κ2) is 9.21. The molecule has 0 saturated heterocycles. The molecule has 0 aliphatic carbocycles. The molecule has 15 heavy (non-hydrogen) atoms. The zero-order chi connectivity index (χ0) is 11.7. The van der Waals surface area contributed by atoms with Crippen molar-refractivity contribution < 1.29 is 0 Å². The topological polar surface area (TPSA) is 26.0 Å². The first-order chi connectivity index (χ1) is 7.13. The molecule has 0 aliphatic heterocycles. The molecule has 0 bridgehead atoms. The maximum absolute atomic E-state index is 5.96. The second-order valence-electron chi connectivity index (χ2n) is 5.12. The lowest BCUT2D eigenvalue weighted by atomic mass is 9.91. The molecule has 0 aromatic heterocycles. The molecule has 0 amide bonds. The smallest absolute Gasteiger partial charge is 0.00387 e. The normalized spacial score (nSPS) is 15.6. The molecule has 0 fully saturated rings. The third-order valence-electron chi connectivity index (χ3n) is 3.69. The molecule has 0 aromatic carbocycles. The molecule has 0 heterocycles. The van der Waals surface area contributed by atoms with Gasteiger partial charge in [-0.1, -0.05) is 59.8 Å². The van der Waals surface area contributed by atoms with Crippen molar-refractivity contribution in [2.75, 3.05) is 0 Å². The fourth-order valence-electron chi connectivity index (χ4n) is 2.25. The van der Waals surface area contributed by atoms with Gasteiger partial charge in [0.25, 0.3) is 0 Å². The van der Waals surface area contributed by atoms with Crippen molar-refractivity contribution >= 4 is 0 Å². The molecular formula is C14H31N. The fraction of sp³-hybridized carbons (Fsp3) is 1.00. The molecule has 2 atom stereocenters. The molecule has 0 aliphatic rings. The maximum Gasteiger partial charge on any atom is 0.00387 e. The van der Waals surface area contributed by atoms with E-state index in [1.165, 1.54) is 38.5 Å². The van der Waals surface area contributed by atoms with E-state index in [2.05, 4.69) is 27.7 Å². The van der Waals surface area contributed by atoms with Gasteiger partial charge in [0.05, 0.1) is 0 Å². The van der Waals surface area contributed by atoms with Crippen LogP contribution < -0.4 is 5.73 Å².